The third kappa shape index (κ3) is 3.30. The summed E-state index contributed by atoms with van der Waals surface area (Å²) in [6.45, 7) is 8.41. The first-order valence-corrected chi connectivity index (χ1v) is 13.5. The van der Waals surface area contributed by atoms with Gasteiger partial charge in [0.25, 0.3) is 0 Å². The molecule has 0 aliphatic carbocycles. The van der Waals surface area contributed by atoms with E-state index >= 15 is 0 Å². The van der Waals surface area contributed by atoms with Gasteiger partial charge >= 0.3 is 7.12 Å². The highest BCUT2D eigenvalue weighted by atomic mass is 32.2. The van der Waals surface area contributed by atoms with Crippen molar-refractivity contribution in [2.24, 2.45) is 0 Å². The maximum atomic E-state index is 6.42. The van der Waals surface area contributed by atoms with Crippen LogP contribution in [0.25, 0.3) is 49.9 Å². The first-order valence-electron chi connectivity index (χ1n) is 12.5. The highest BCUT2D eigenvalue weighted by Crippen LogP contribution is 2.45. The second-order valence-corrected chi connectivity index (χ2v) is 11.8. The molecule has 36 heavy (non-hydrogen) atoms. The minimum atomic E-state index is -0.344. The van der Waals surface area contributed by atoms with Crippen molar-refractivity contribution < 1.29 is 13.7 Å². The van der Waals surface area contributed by atoms with E-state index in [0.29, 0.717) is 0 Å². The molecule has 0 unspecified atom stereocenters. The van der Waals surface area contributed by atoms with Crippen molar-refractivity contribution >= 4 is 57.7 Å². The van der Waals surface area contributed by atoms with Crippen molar-refractivity contribution in [1.29, 1.82) is 0 Å². The molecule has 1 aromatic heterocycles. The van der Waals surface area contributed by atoms with Crippen LogP contribution in [0.1, 0.15) is 38.8 Å². The van der Waals surface area contributed by atoms with E-state index in [1.165, 1.54) is 33.0 Å². The molecular weight excluding hydrogens is 463 g/mol. The molecule has 0 N–H and O–H groups in total. The lowest BCUT2D eigenvalue weighted by atomic mass is 9.86. The average Bonchev–Trinajstić information content (AvgIpc) is 3.36. The summed E-state index contributed by atoms with van der Waals surface area (Å²) in [6.07, 6.45) is 2.25. The van der Waals surface area contributed by atoms with Crippen molar-refractivity contribution in [2.45, 2.75) is 44.6 Å². The van der Waals surface area contributed by atoms with E-state index in [-0.39, 0.29) is 18.3 Å². The van der Waals surface area contributed by atoms with Crippen molar-refractivity contribution in [3.63, 3.8) is 0 Å². The first-order chi connectivity index (χ1) is 17.3. The molecule has 0 saturated carbocycles. The zero-order valence-electron chi connectivity index (χ0n) is 20.9. The Labute approximate surface area is 215 Å². The summed E-state index contributed by atoms with van der Waals surface area (Å²) in [6, 6.07) is 25.9. The summed E-state index contributed by atoms with van der Waals surface area (Å²) in [7, 11) is -0.327. The third-order valence-corrected chi connectivity index (χ3v) is 9.12. The second-order valence-electron chi connectivity index (χ2n) is 10.8. The number of hydrogen-bond acceptors (Lipinski definition) is 4. The van der Waals surface area contributed by atoms with Gasteiger partial charge in [-0.1, -0.05) is 54.6 Å². The van der Waals surface area contributed by atoms with Gasteiger partial charge in [-0.3, -0.25) is 0 Å². The Bertz CT molecular complexity index is 1700. The molecule has 0 bridgehead atoms. The molecule has 5 heteroatoms. The number of furan rings is 1. The van der Waals surface area contributed by atoms with Gasteiger partial charge in [-0.15, -0.1) is 11.8 Å². The summed E-state index contributed by atoms with van der Waals surface area (Å²) in [4.78, 5) is 1.14. The fourth-order valence-electron chi connectivity index (χ4n) is 5.27. The highest BCUT2D eigenvalue weighted by molar-refractivity contribution is 8.04. The average molecular weight is 490 g/mol. The summed E-state index contributed by atoms with van der Waals surface area (Å²) in [5.41, 5.74) is 6.12. The number of hydrogen-bond donors (Lipinski definition) is 0. The van der Waals surface area contributed by atoms with Crippen LogP contribution < -0.4 is 0 Å². The lowest BCUT2D eigenvalue weighted by molar-refractivity contribution is 0.00578. The third-order valence-electron chi connectivity index (χ3n) is 8.02. The highest BCUT2D eigenvalue weighted by Gasteiger charge is 2.52. The van der Waals surface area contributed by atoms with Gasteiger partial charge in [0.05, 0.1) is 11.2 Å². The van der Waals surface area contributed by atoms with Gasteiger partial charge < -0.3 is 13.7 Å². The summed E-state index contributed by atoms with van der Waals surface area (Å²) < 4.78 is 19.1. The molecule has 5 aromatic rings. The first kappa shape index (κ1) is 22.2. The van der Waals surface area contributed by atoms with Crippen molar-refractivity contribution in [3.8, 4) is 11.1 Å². The number of fused-ring (bicyclic) bond motifs is 6. The Morgan fingerprint density at radius 3 is 2.44 bits per heavy atom. The fraction of sp³-hybridized carbons (Fsp3) is 0.226. The van der Waals surface area contributed by atoms with Gasteiger partial charge in [0.1, 0.15) is 11.2 Å². The van der Waals surface area contributed by atoms with Gasteiger partial charge in [0.15, 0.2) is 0 Å². The maximum Gasteiger partial charge on any atom is 0.501 e. The molecule has 0 amide bonds. The molecule has 0 atom stereocenters. The SMILES string of the molecule is CC1(C)OB(C2=Cc3cc(-c4cccc5oc6c7ccccc7ccc6c45)ccc3CS2)OC1(C)C. The molecule has 3 nitrogen and oxygen atoms in total. The quantitative estimate of drug-likeness (QED) is 0.232. The minimum Gasteiger partial charge on any atom is -0.455 e. The van der Waals surface area contributed by atoms with Crippen molar-refractivity contribution in [2.75, 3.05) is 0 Å². The smallest absolute Gasteiger partial charge is 0.455 e. The van der Waals surface area contributed by atoms with Crippen LogP contribution >= 0.6 is 11.8 Å². The van der Waals surface area contributed by atoms with E-state index < -0.39 is 0 Å². The molecule has 0 spiro atoms. The monoisotopic (exact) mass is 490 g/mol. The van der Waals surface area contributed by atoms with Gasteiger partial charge in [0, 0.05) is 26.7 Å². The van der Waals surface area contributed by atoms with Crippen molar-refractivity contribution in [3.05, 3.63) is 88.7 Å². The molecule has 7 rings (SSSR count). The van der Waals surface area contributed by atoms with E-state index in [1.54, 1.807) is 0 Å². The second kappa shape index (κ2) is 7.76. The van der Waals surface area contributed by atoms with Crippen LogP contribution in [-0.4, -0.2) is 18.3 Å². The zero-order valence-corrected chi connectivity index (χ0v) is 21.7. The Hall–Kier alpha value is -2.99. The molecular formula is C31H27BO3S. The van der Waals surface area contributed by atoms with E-state index in [9.17, 15) is 0 Å². The minimum absolute atomic E-state index is 0.327. The van der Waals surface area contributed by atoms with Crippen LogP contribution in [0, 0.1) is 0 Å². The number of rotatable bonds is 2. The van der Waals surface area contributed by atoms with Gasteiger partial charge in [0.2, 0.25) is 0 Å². The van der Waals surface area contributed by atoms with E-state index in [0.717, 1.165) is 32.5 Å². The standard InChI is InChI=1S/C31H27BO3S/c1-30(2)31(3,4)35-32(34-30)27-17-22-16-20(12-13-21(22)18-36-27)23-10-7-11-26-28(23)25-15-14-19-8-5-6-9-24(19)29(25)33-26/h5-17H,18H2,1-4H3. The largest absolute Gasteiger partial charge is 0.501 e. The number of thioether (sulfide) groups is 1. The number of benzene rings is 4. The van der Waals surface area contributed by atoms with Crippen LogP contribution in [0.3, 0.4) is 0 Å². The fourth-order valence-corrected chi connectivity index (χ4v) is 6.30. The lowest BCUT2D eigenvalue weighted by Gasteiger charge is -2.32. The van der Waals surface area contributed by atoms with Crippen molar-refractivity contribution in [1.82, 2.24) is 0 Å². The van der Waals surface area contributed by atoms with Gasteiger partial charge in [-0.25, -0.2) is 0 Å². The lowest BCUT2D eigenvalue weighted by Crippen LogP contribution is -2.41. The molecule has 178 valence electrons. The normalized spacial score (nSPS) is 18.7. The zero-order chi connectivity index (χ0) is 24.7. The molecule has 0 radical (unpaired) electrons. The van der Waals surface area contributed by atoms with Gasteiger partial charge in [-0.05, 0) is 79.6 Å². The Kier molecular flexibility index (Phi) is 4.79. The summed E-state index contributed by atoms with van der Waals surface area (Å²) in [5, 5.41) is 4.66. The Morgan fingerprint density at radius 2 is 1.61 bits per heavy atom. The summed E-state index contributed by atoms with van der Waals surface area (Å²) >= 11 is 1.81. The molecule has 1 saturated heterocycles. The summed E-state index contributed by atoms with van der Waals surface area (Å²) in [5.74, 6) is 0.913. The molecule has 3 heterocycles. The van der Waals surface area contributed by atoms with Crippen LogP contribution in [-0.2, 0) is 15.1 Å². The van der Waals surface area contributed by atoms with E-state index in [1.807, 2.05) is 11.8 Å². The maximum absolute atomic E-state index is 6.42. The Balaban J connectivity index is 1.35. The predicted octanol–water partition coefficient (Wildman–Crippen LogP) is 8.63. The van der Waals surface area contributed by atoms with Crippen LogP contribution in [0.5, 0.6) is 0 Å². The van der Waals surface area contributed by atoms with Crippen LogP contribution in [0.2, 0.25) is 0 Å². The van der Waals surface area contributed by atoms with E-state index in [4.69, 9.17) is 13.7 Å². The molecule has 2 aliphatic rings. The Morgan fingerprint density at radius 1 is 0.806 bits per heavy atom. The van der Waals surface area contributed by atoms with E-state index in [2.05, 4.69) is 107 Å². The van der Waals surface area contributed by atoms with Crippen LogP contribution in [0.4, 0.5) is 0 Å². The molecule has 1 fully saturated rings. The molecule has 4 aromatic carbocycles. The van der Waals surface area contributed by atoms with Gasteiger partial charge in [-0.2, -0.15) is 0 Å². The van der Waals surface area contributed by atoms with Crippen LogP contribution in [0.15, 0.2) is 82.0 Å². The molecule has 2 aliphatic heterocycles. The topological polar surface area (TPSA) is 31.6 Å². The predicted molar refractivity (Wildman–Crippen MR) is 152 cm³/mol.